The fourth-order valence-corrected chi connectivity index (χ4v) is 2.53. The minimum Gasteiger partial charge on any atom is -0.387 e. The zero-order valence-electron chi connectivity index (χ0n) is 11.1. The van der Waals surface area contributed by atoms with Crippen molar-refractivity contribution >= 4 is 11.3 Å². The van der Waals surface area contributed by atoms with E-state index in [-0.39, 0.29) is 17.0 Å². The number of aromatic nitrogens is 3. The first kappa shape index (κ1) is 14.6. The Morgan fingerprint density at radius 3 is 2.86 bits per heavy atom. The van der Waals surface area contributed by atoms with Gasteiger partial charge >= 0.3 is 5.72 Å². The number of nitrogens with two attached hydrogens (primary N) is 1. The molecule has 2 aromatic heterocycles. The highest BCUT2D eigenvalue weighted by atomic mass is 19.1. The number of nitrogens with zero attached hydrogens (tertiary/aromatic N) is 4. The zero-order chi connectivity index (χ0) is 16.1. The predicted octanol–water partition coefficient (Wildman–Crippen LogP) is -1.15. The molecule has 1 saturated heterocycles. The molecule has 1 aliphatic rings. The molecule has 0 unspecified atom stereocenters. The summed E-state index contributed by atoms with van der Waals surface area (Å²) in [5, 5.41) is 33.2. The third-order valence-corrected chi connectivity index (χ3v) is 3.70. The van der Waals surface area contributed by atoms with Crippen LogP contribution in [0.1, 0.15) is 11.8 Å². The average molecular weight is 309 g/mol. The van der Waals surface area contributed by atoms with Gasteiger partial charge in [0.1, 0.15) is 24.1 Å². The number of ether oxygens (including phenoxy) is 1. The van der Waals surface area contributed by atoms with Crippen LogP contribution in [0.25, 0.3) is 10.4 Å². The van der Waals surface area contributed by atoms with Crippen LogP contribution in [0.4, 0.5) is 10.2 Å². The zero-order valence-corrected chi connectivity index (χ0v) is 11.1. The first-order valence-corrected chi connectivity index (χ1v) is 6.26. The summed E-state index contributed by atoms with van der Waals surface area (Å²) in [6.45, 7) is 6.24. The van der Waals surface area contributed by atoms with Crippen molar-refractivity contribution in [2.45, 2.75) is 24.0 Å². The maximum Gasteiger partial charge on any atom is 0.389 e. The molecule has 0 saturated carbocycles. The van der Waals surface area contributed by atoms with Crippen molar-refractivity contribution in [2.24, 2.45) is 0 Å². The van der Waals surface area contributed by atoms with E-state index < -0.39 is 36.5 Å². The number of nitrogen functional groups attached to an aromatic ring is 1. The minimum atomic E-state index is -2.01. The molecule has 0 aliphatic carbocycles. The van der Waals surface area contributed by atoms with Gasteiger partial charge in [0.05, 0.1) is 5.69 Å². The summed E-state index contributed by atoms with van der Waals surface area (Å²) >= 11 is 0. The third-order valence-electron chi connectivity index (χ3n) is 3.70. The van der Waals surface area contributed by atoms with Crippen molar-refractivity contribution in [2.75, 3.05) is 12.3 Å². The lowest BCUT2D eigenvalue weighted by molar-refractivity contribution is -0.0819. The molecule has 0 radical (unpaired) electrons. The average Bonchev–Trinajstić information content (AvgIpc) is 2.98. The van der Waals surface area contributed by atoms with Crippen molar-refractivity contribution < 1.29 is 24.4 Å². The minimum absolute atomic E-state index is 0.0483. The Labute approximate surface area is 123 Å². The number of anilines is 1. The van der Waals surface area contributed by atoms with Gasteiger partial charge in [0.2, 0.25) is 0 Å². The number of hydrogen-bond acceptors (Lipinski definition) is 7. The maximum atomic E-state index is 14.0. The van der Waals surface area contributed by atoms with Crippen LogP contribution in [-0.4, -0.2) is 54.5 Å². The fourth-order valence-electron chi connectivity index (χ4n) is 2.53. The normalized spacial score (nSPS) is 31.5. The van der Waals surface area contributed by atoms with Gasteiger partial charge in [-0.05, 0) is 0 Å². The molecule has 2 aromatic rings. The van der Waals surface area contributed by atoms with Crippen LogP contribution in [0.2, 0.25) is 0 Å². The third kappa shape index (κ3) is 1.77. The molecule has 3 heterocycles. The summed E-state index contributed by atoms with van der Waals surface area (Å²) in [7, 11) is 0. The molecule has 22 heavy (non-hydrogen) atoms. The lowest BCUT2D eigenvalue weighted by atomic mass is 10.0. The van der Waals surface area contributed by atoms with Gasteiger partial charge in [-0.2, -0.15) is 5.10 Å². The number of fused-ring (bicyclic) bond motifs is 1. The molecule has 4 atom stereocenters. The molecular weight excluding hydrogens is 297 g/mol. The van der Waals surface area contributed by atoms with Crippen molar-refractivity contribution in [3.8, 4) is 0 Å². The summed E-state index contributed by atoms with van der Waals surface area (Å²) in [6.07, 6.45) is -3.37. The molecule has 0 aromatic carbocycles. The summed E-state index contributed by atoms with van der Waals surface area (Å²) in [4.78, 5) is 6.72. The van der Waals surface area contributed by atoms with Crippen LogP contribution in [-0.2, 0) is 4.74 Å². The molecule has 0 spiro atoms. The van der Waals surface area contributed by atoms with Crippen LogP contribution in [0, 0.1) is 12.4 Å². The van der Waals surface area contributed by atoms with Gasteiger partial charge in [0.15, 0.2) is 24.3 Å². The van der Waals surface area contributed by atoms with E-state index in [0.29, 0.717) is 0 Å². The fraction of sp³-hybridized carbons (Fsp3) is 0.417. The lowest BCUT2D eigenvalue weighted by Gasteiger charge is -2.16. The molecule has 116 valence electrons. The number of hydrogen-bond donors (Lipinski definition) is 4. The topological polar surface area (TPSA) is 130 Å². The van der Waals surface area contributed by atoms with E-state index in [0.717, 1.165) is 16.9 Å². The Balaban J connectivity index is 2.14. The van der Waals surface area contributed by atoms with E-state index >= 15 is 0 Å². The molecule has 1 aliphatic heterocycles. The molecule has 1 fully saturated rings. The quantitative estimate of drug-likeness (QED) is 0.515. The largest absolute Gasteiger partial charge is 0.389 e. The van der Waals surface area contributed by atoms with Crippen LogP contribution >= 0.6 is 0 Å². The van der Waals surface area contributed by atoms with E-state index in [1.54, 1.807) is 0 Å². The van der Waals surface area contributed by atoms with Crippen LogP contribution < -0.4 is 5.73 Å². The second-order valence-corrected chi connectivity index (χ2v) is 4.91. The van der Waals surface area contributed by atoms with Gasteiger partial charge in [-0.1, -0.05) is 0 Å². The van der Waals surface area contributed by atoms with Crippen molar-refractivity contribution in [3.63, 3.8) is 0 Å². The highest BCUT2D eigenvalue weighted by Gasteiger charge is 2.61. The summed E-state index contributed by atoms with van der Waals surface area (Å²) < 4.78 is 20.4. The Bertz CT molecular complexity index is 775. The van der Waals surface area contributed by atoms with Gasteiger partial charge in [-0.15, -0.1) is 0 Å². The lowest BCUT2D eigenvalue weighted by Crippen LogP contribution is -2.43. The predicted molar refractivity (Wildman–Crippen MR) is 69.6 cm³/mol. The highest BCUT2D eigenvalue weighted by molar-refractivity contribution is 5.66. The van der Waals surface area contributed by atoms with Gasteiger partial charge < -0.3 is 21.1 Å². The van der Waals surface area contributed by atoms with Gasteiger partial charge in [-0.3, -0.25) is 9.58 Å². The monoisotopic (exact) mass is 309 g/mol. The van der Waals surface area contributed by atoms with Crippen molar-refractivity contribution in [3.05, 3.63) is 35.3 Å². The summed E-state index contributed by atoms with van der Waals surface area (Å²) in [5.41, 5.74) is 3.52. The first-order valence-electron chi connectivity index (χ1n) is 6.26. The molecule has 0 amide bonds. The Kier molecular flexibility index (Phi) is 3.22. The summed E-state index contributed by atoms with van der Waals surface area (Å²) in [6, 6.07) is 1.03. The molecule has 9 nitrogen and oxygen atoms in total. The molecule has 10 heteroatoms. The molecule has 0 bridgehead atoms. The van der Waals surface area contributed by atoms with Crippen LogP contribution in [0.3, 0.4) is 0 Å². The Morgan fingerprint density at radius 1 is 1.55 bits per heavy atom. The van der Waals surface area contributed by atoms with E-state index in [1.165, 1.54) is 0 Å². The Morgan fingerprint density at radius 2 is 2.27 bits per heavy atom. The maximum absolute atomic E-state index is 14.0. The Hall–Kier alpha value is -2.32. The number of aliphatic hydroxyl groups is 3. The first-order chi connectivity index (χ1) is 10.4. The number of halogens is 1. The van der Waals surface area contributed by atoms with Gasteiger partial charge in [0.25, 0.3) is 0 Å². The SMILES string of the molecule is [C-]#[N+][C@]1(CO)O[C@@H](c2cc(F)c3c(N)ncnn23)[C@H](O)[C@@H]1O. The molecule has 3 rings (SSSR count). The van der Waals surface area contributed by atoms with E-state index in [4.69, 9.17) is 17.0 Å². The standard InChI is InChI=1S/C12H12FN5O4/c1-15-12(3-19)10(21)8(20)9(22-12)6-2-5(13)7-11(14)16-4-17-18(6)7/h2,4,8-10,19-21H,3H2,(H2,14,16,17)/t8-,9-,10-,12+/m0/s1. The second kappa shape index (κ2) is 4.85. The van der Waals surface area contributed by atoms with E-state index in [2.05, 4.69) is 14.9 Å². The smallest absolute Gasteiger partial charge is 0.387 e. The highest BCUT2D eigenvalue weighted by Crippen LogP contribution is 2.41. The molecular formula is C12H12FN5O4. The van der Waals surface area contributed by atoms with Crippen LogP contribution in [0.5, 0.6) is 0 Å². The number of rotatable bonds is 2. The van der Waals surface area contributed by atoms with Crippen molar-refractivity contribution in [1.29, 1.82) is 0 Å². The van der Waals surface area contributed by atoms with E-state index in [9.17, 15) is 19.7 Å². The summed E-state index contributed by atoms with van der Waals surface area (Å²) in [5.74, 6) is -0.840. The van der Waals surface area contributed by atoms with Gasteiger partial charge in [-0.25, -0.2) is 20.5 Å². The number of aliphatic hydroxyl groups excluding tert-OH is 3. The van der Waals surface area contributed by atoms with E-state index in [1.807, 2.05) is 0 Å². The van der Waals surface area contributed by atoms with Crippen LogP contribution in [0.15, 0.2) is 12.4 Å². The molecule has 5 N–H and O–H groups in total. The van der Waals surface area contributed by atoms with Crippen molar-refractivity contribution in [1.82, 2.24) is 14.6 Å². The second-order valence-electron chi connectivity index (χ2n) is 4.91. The van der Waals surface area contributed by atoms with Gasteiger partial charge in [0, 0.05) is 6.07 Å².